The van der Waals surface area contributed by atoms with Crippen LogP contribution in [-0.4, -0.2) is 60.2 Å². The predicted molar refractivity (Wildman–Crippen MR) is 232 cm³/mol. The van der Waals surface area contributed by atoms with E-state index in [2.05, 4.69) is 27.2 Å². The molecule has 0 spiro atoms. The van der Waals surface area contributed by atoms with E-state index >= 15 is 8.78 Å². The Morgan fingerprint density at radius 2 is 1.36 bits per heavy atom. The third-order valence-electron chi connectivity index (χ3n) is 13.7. The third-order valence-corrected chi connectivity index (χ3v) is 13.7. The van der Waals surface area contributed by atoms with E-state index in [0.29, 0.717) is 71.3 Å². The molecule has 4 aliphatic rings. The summed E-state index contributed by atoms with van der Waals surface area (Å²) in [6.07, 6.45) is 19.5. The number of nitrogens with zero attached hydrogens (tertiary/aromatic N) is 12. The molecule has 0 saturated heterocycles. The van der Waals surface area contributed by atoms with Crippen molar-refractivity contribution >= 4 is 16.9 Å². The minimum Gasteiger partial charge on any atom is -0.422 e. The summed E-state index contributed by atoms with van der Waals surface area (Å²) in [6.45, 7) is 0.252. The normalized spacial score (nSPS) is 20.6. The van der Waals surface area contributed by atoms with Crippen LogP contribution in [0, 0.1) is 22.7 Å². The van der Waals surface area contributed by atoms with Gasteiger partial charge in [-0.1, -0.05) is 12.8 Å². The zero-order chi connectivity index (χ0) is 43.2. The number of hydrogen-bond donors (Lipinski definition) is 0. The lowest BCUT2D eigenvalue weighted by Crippen LogP contribution is -2.33. The molecule has 4 fully saturated rings. The number of oxazole rings is 1. The van der Waals surface area contributed by atoms with Crippen molar-refractivity contribution in [2.75, 3.05) is 0 Å². The van der Waals surface area contributed by atoms with Gasteiger partial charge in [0, 0.05) is 75.9 Å². The van der Waals surface area contributed by atoms with E-state index in [0.717, 1.165) is 84.2 Å². The Balaban J connectivity index is 0.858. The number of aromatic nitrogens is 10. The van der Waals surface area contributed by atoms with Crippen molar-refractivity contribution in [2.45, 2.75) is 113 Å². The van der Waals surface area contributed by atoms with Gasteiger partial charge in [0.1, 0.15) is 46.0 Å². The van der Waals surface area contributed by atoms with E-state index in [9.17, 15) is 10.5 Å². The maximum atomic E-state index is 17.9. The SMILES string of the molecule is N#Cc1ccc(-c2cnn(CC3(F)CCCC3c3c(C4CC4)nc4cc(-c5nc(C#N)ccc5-c5cnn(CC6(F)CCCC6)c5)ccn34)c2)c(-c2cnc3oc(C4CC4)nc3c2)n1. The van der Waals surface area contributed by atoms with Crippen molar-refractivity contribution in [3.8, 4) is 56.9 Å². The maximum Gasteiger partial charge on any atom is 0.246 e. The van der Waals surface area contributed by atoms with E-state index in [1.165, 1.54) is 0 Å². The van der Waals surface area contributed by atoms with Gasteiger partial charge in [-0.2, -0.15) is 20.7 Å². The summed E-state index contributed by atoms with van der Waals surface area (Å²) in [5, 5.41) is 28.8. The number of nitriles is 2. The highest BCUT2D eigenvalue weighted by Gasteiger charge is 2.48. The Hall–Kier alpha value is -7.13. The van der Waals surface area contributed by atoms with Crippen LogP contribution < -0.4 is 0 Å². The molecule has 2 unspecified atom stereocenters. The molecule has 0 radical (unpaired) electrons. The van der Waals surface area contributed by atoms with Crippen molar-refractivity contribution in [1.29, 1.82) is 10.5 Å². The largest absolute Gasteiger partial charge is 0.422 e. The molecule has 0 aromatic carbocycles. The first-order valence-corrected chi connectivity index (χ1v) is 22.3. The van der Waals surface area contributed by atoms with Gasteiger partial charge in [0.15, 0.2) is 0 Å². The van der Waals surface area contributed by atoms with Crippen molar-refractivity contribution in [3.63, 3.8) is 0 Å². The summed E-state index contributed by atoms with van der Waals surface area (Å²) in [7, 11) is 0. The van der Waals surface area contributed by atoms with Gasteiger partial charge in [-0.3, -0.25) is 9.36 Å². The molecule has 4 saturated carbocycles. The average Bonchev–Trinajstić information content (AvgIpc) is 3.93. The molecule has 8 aromatic rings. The third kappa shape index (κ3) is 6.81. The van der Waals surface area contributed by atoms with Crippen LogP contribution in [0.25, 0.3) is 61.6 Å². The lowest BCUT2D eigenvalue weighted by molar-refractivity contribution is 0.114. The zero-order valence-corrected chi connectivity index (χ0v) is 35.0. The van der Waals surface area contributed by atoms with Gasteiger partial charge in [0.2, 0.25) is 11.6 Å². The van der Waals surface area contributed by atoms with Gasteiger partial charge < -0.3 is 8.82 Å². The summed E-state index contributed by atoms with van der Waals surface area (Å²) in [4.78, 5) is 23.9. The molecule has 8 heterocycles. The van der Waals surface area contributed by atoms with Crippen LogP contribution >= 0.6 is 0 Å². The van der Waals surface area contributed by atoms with Gasteiger partial charge in [0.05, 0.1) is 48.3 Å². The molecule has 0 bridgehead atoms. The second kappa shape index (κ2) is 14.7. The van der Waals surface area contributed by atoms with Crippen LogP contribution in [0.3, 0.4) is 0 Å². The van der Waals surface area contributed by atoms with Gasteiger partial charge in [-0.25, -0.2) is 33.7 Å². The monoisotopic (exact) mass is 852 g/mol. The second-order valence-electron chi connectivity index (χ2n) is 18.3. The first-order chi connectivity index (χ1) is 31.2. The number of rotatable bonds is 11. The van der Waals surface area contributed by atoms with E-state index in [-0.39, 0.29) is 30.4 Å². The first kappa shape index (κ1) is 38.5. The predicted octanol–water partition coefficient (Wildman–Crippen LogP) is 10.2. The van der Waals surface area contributed by atoms with Gasteiger partial charge in [-0.15, -0.1) is 0 Å². The van der Waals surface area contributed by atoms with Crippen LogP contribution in [-0.2, 0) is 13.1 Å². The number of pyridine rings is 4. The molecule has 318 valence electrons. The van der Waals surface area contributed by atoms with Crippen molar-refractivity contribution < 1.29 is 13.2 Å². The lowest BCUT2D eigenvalue weighted by Gasteiger charge is -2.28. The number of fused-ring (bicyclic) bond motifs is 2. The quantitative estimate of drug-likeness (QED) is 0.122. The molecule has 0 N–H and O–H groups in total. The lowest BCUT2D eigenvalue weighted by atomic mass is 9.87. The highest BCUT2D eigenvalue weighted by atomic mass is 19.1. The van der Waals surface area contributed by atoms with Crippen LogP contribution in [0.2, 0.25) is 0 Å². The number of hydrogen-bond acceptors (Lipinski definition) is 10. The van der Waals surface area contributed by atoms with E-state index in [4.69, 9.17) is 24.5 Å². The molecule has 8 aromatic heterocycles. The van der Waals surface area contributed by atoms with E-state index in [1.807, 2.05) is 53.3 Å². The smallest absolute Gasteiger partial charge is 0.246 e. The molecule has 12 rings (SSSR count). The number of alkyl halides is 2. The summed E-state index contributed by atoms with van der Waals surface area (Å²) >= 11 is 0. The van der Waals surface area contributed by atoms with Crippen LogP contribution in [0.4, 0.5) is 8.78 Å². The Kier molecular flexibility index (Phi) is 8.87. The summed E-state index contributed by atoms with van der Waals surface area (Å²) < 4.78 is 44.6. The highest BCUT2D eigenvalue weighted by Crippen LogP contribution is 2.52. The fraction of sp³-hybridized carbons (Fsp3) is 0.367. The van der Waals surface area contributed by atoms with Gasteiger partial charge >= 0.3 is 0 Å². The zero-order valence-electron chi connectivity index (χ0n) is 35.0. The number of imidazole rings is 1. The minimum atomic E-state index is -1.61. The van der Waals surface area contributed by atoms with Crippen molar-refractivity contribution in [1.82, 2.24) is 48.9 Å². The molecule has 0 amide bonds. The molecule has 2 atom stereocenters. The molecule has 0 aliphatic heterocycles. The van der Waals surface area contributed by atoms with Crippen molar-refractivity contribution in [3.05, 3.63) is 108 Å². The average molecular weight is 853 g/mol. The van der Waals surface area contributed by atoms with E-state index < -0.39 is 17.3 Å². The Labute approximate surface area is 366 Å². The Morgan fingerprint density at radius 1 is 0.688 bits per heavy atom. The molecular formula is C49H42F2N12O. The van der Waals surface area contributed by atoms with Crippen LogP contribution in [0.1, 0.15) is 117 Å². The standard InChI is InChI=1S/C49H42F2N12O/c50-48(14-1-2-15-48)27-61-25-33(23-55-61)37-11-9-35(20-52)57-42(37)31-13-17-63-41(19-31)60-44(29-5-6-29)45(63)39-4-3-16-49(39,51)28-62-26-34(24-56-62)38-12-10-36(21-53)58-43(38)32-18-40-47(54-22-32)64-46(59-40)30-7-8-30/h9-13,17-19,22-26,29-30,39H,1-8,14-16,27-28H2. The first-order valence-electron chi connectivity index (χ1n) is 22.3. The minimum absolute atomic E-state index is 0.0496. The molecule has 4 aliphatic carbocycles. The molecule has 64 heavy (non-hydrogen) atoms. The van der Waals surface area contributed by atoms with Gasteiger partial charge in [-0.05, 0) is 100 Å². The van der Waals surface area contributed by atoms with Gasteiger partial charge in [0.25, 0.3) is 0 Å². The highest BCUT2D eigenvalue weighted by molar-refractivity contribution is 5.85. The Bertz CT molecular complexity index is 3230. The van der Waals surface area contributed by atoms with Crippen LogP contribution in [0.5, 0.6) is 0 Å². The van der Waals surface area contributed by atoms with Crippen molar-refractivity contribution in [2.24, 2.45) is 0 Å². The molecule has 13 nitrogen and oxygen atoms in total. The fourth-order valence-corrected chi connectivity index (χ4v) is 10.2. The Morgan fingerprint density at radius 3 is 2.03 bits per heavy atom. The number of halogens is 2. The van der Waals surface area contributed by atoms with E-state index in [1.54, 1.807) is 40.1 Å². The molecular weight excluding hydrogens is 811 g/mol. The summed E-state index contributed by atoms with van der Waals surface area (Å²) in [5.74, 6) is 0.871. The van der Waals surface area contributed by atoms with Crippen LogP contribution in [0.15, 0.2) is 84.1 Å². The fourth-order valence-electron chi connectivity index (χ4n) is 10.2. The maximum absolute atomic E-state index is 17.9. The second-order valence-corrected chi connectivity index (χ2v) is 18.3. The summed E-state index contributed by atoms with van der Waals surface area (Å²) in [6, 6.07) is 17.2. The topological polar surface area (TPSA) is 165 Å². The summed E-state index contributed by atoms with van der Waals surface area (Å²) in [5.41, 5.74) is 6.98. The molecule has 15 heteroatoms.